The van der Waals surface area contributed by atoms with Crippen LogP contribution < -0.4 is 10.2 Å². The minimum atomic E-state index is 0.873. The second-order valence-corrected chi connectivity index (χ2v) is 5.14. The van der Waals surface area contributed by atoms with Crippen molar-refractivity contribution in [2.45, 2.75) is 26.9 Å². The lowest BCUT2D eigenvalue weighted by Crippen LogP contribution is -2.18. The summed E-state index contributed by atoms with van der Waals surface area (Å²) in [5.74, 6) is 1.01. The standard InChI is InChI=1S/C17H23N3/c1-4-18-12-16-9-10-19-17(11-16)20(3)13-15-7-5-14(2)6-8-15/h5-11,18H,4,12-13H2,1-3H3. The Balaban J connectivity index is 2.04. The fraction of sp³-hybridized carbons (Fsp3) is 0.353. The number of hydrogen-bond donors (Lipinski definition) is 1. The zero-order valence-corrected chi connectivity index (χ0v) is 12.6. The number of aromatic nitrogens is 1. The third kappa shape index (κ3) is 4.07. The molecule has 0 fully saturated rings. The largest absolute Gasteiger partial charge is 0.355 e. The van der Waals surface area contributed by atoms with Gasteiger partial charge in [-0.1, -0.05) is 36.8 Å². The van der Waals surface area contributed by atoms with E-state index < -0.39 is 0 Å². The maximum atomic E-state index is 4.46. The number of benzene rings is 1. The highest BCUT2D eigenvalue weighted by atomic mass is 15.2. The van der Waals surface area contributed by atoms with Gasteiger partial charge in [0.2, 0.25) is 0 Å². The van der Waals surface area contributed by atoms with Crippen LogP contribution in [0.5, 0.6) is 0 Å². The molecule has 2 aromatic rings. The first-order valence-electron chi connectivity index (χ1n) is 7.11. The van der Waals surface area contributed by atoms with Crippen molar-refractivity contribution >= 4 is 5.82 Å². The molecule has 0 saturated carbocycles. The Bertz CT molecular complexity index is 534. The maximum absolute atomic E-state index is 4.46. The molecule has 1 aromatic carbocycles. The first-order chi connectivity index (χ1) is 9.69. The van der Waals surface area contributed by atoms with E-state index in [9.17, 15) is 0 Å². The fourth-order valence-corrected chi connectivity index (χ4v) is 2.10. The monoisotopic (exact) mass is 269 g/mol. The van der Waals surface area contributed by atoms with Crippen LogP contribution in [-0.2, 0) is 13.1 Å². The quantitative estimate of drug-likeness (QED) is 0.873. The third-order valence-electron chi connectivity index (χ3n) is 3.32. The number of pyridine rings is 1. The van der Waals surface area contributed by atoms with Gasteiger partial charge in [-0.15, -0.1) is 0 Å². The molecule has 0 unspecified atom stereocenters. The highest BCUT2D eigenvalue weighted by Crippen LogP contribution is 2.14. The summed E-state index contributed by atoms with van der Waals surface area (Å²) in [5, 5.41) is 3.34. The van der Waals surface area contributed by atoms with Gasteiger partial charge in [0.1, 0.15) is 5.82 Å². The Hall–Kier alpha value is -1.87. The van der Waals surface area contributed by atoms with E-state index in [1.54, 1.807) is 0 Å². The molecule has 2 rings (SSSR count). The lowest BCUT2D eigenvalue weighted by atomic mass is 10.1. The Labute approximate surface area is 121 Å². The summed E-state index contributed by atoms with van der Waals surface area (Å²) < 4.78 is 0. The molecule has 0 atom stereocenters. The van der Waals surface area contributed by atoms with Crippen molar-refractivity contribution in [3.8, 4) is 0 Å². The predicted molar refractivity (Wildman–Crippen MR) is 84.9 cm³/mol. The van der Waals surface area contributed by atoms with Crippen molar-refractivity contribution < 1.29 is 0 Å². The SMILES string of the molecule is CCNCc1ccnc(N(C)Cc2ccc(C)cc2)c1. The van der Waals surface area contributed by atoms with Crippen molar-refractivity contribution in [1.82, 2.24) is 10.3 Å². The van der Waals surface area contributed by atoms with Crippen molar-refractivity contribution in [2.24, 2.45) is 0 Å². The summed E-state index contributed by atoms with van der Waals surface area (Å²) in [7, 11) is 2.08. The molecule has 0 aliphatic rings. The van der Waals surface area contributed by atoms with Gasteiger partial charge >= 0.3 is 0 Å². The minimum absolute atomic E-state index is 0.873. The van der Waals surface area contributed by atoms with Gasteiger partial charge < -0.3 is 10.2 Å². The van der Waals surface area contributed by atoms with Crippen molar-refractivity contribution in [1.29, 1.82) is 0 Å². The zero-order chi connectivity index (χ0) is 14.4. The summed E-state index contributed by atoms with van der Waals surface area (Å²) >= 11 is 0. The second kappa shape index (κ2) is 7.06. The normalized spacial score (nSPS) is 10.6. The zero-order valence-electron chi connectivity index (χ0n) is 12.6. The van der Waals surface area contributed by atoms with Gasteiger partial charge in [-0.3, -0.25) is 0 Å². The van der Waals surface area contributed by atoms with Crippen molar-refractivity contribution in [2.75, 3.05) is 18.5 Å². The van der Waals surface area contributed by atoms with E-state index in [2.05, 4.69) is 72.5 Å². The lowest BCUT2D eigenvalue weighted by Gasteiger charge is -2.19. The lowest BCUT2D eigenvalue weighted by molar-refractivity contribution is 0.725. The molecular weight excluding hydrogens is 246 g/mol. The van der Waals surface area contributed by atoms with E-state index in [0.717, 1.165) is 25.5 Å². The number of nitrogens with zero attached hydrogens (tertiary/aromatic N) is 2. The van der Waals surface area contributed by atoms with Gasteiger partial charge in [0, 0.05) is 26.3 Å². The summed E-state index contributed by atoms with van der Waals surface area (Å²) in [6.45, 7) is 6.98. The Kier molecular flexibility index (Phi) is 5.13. The van der Waals surface area contributed by atoms with Crippen LogP contribution in [-0.4, -0.2) is 18.6 Å². The van der Waals surface area contributed by atoms with Crippen molar-refractivity contribution in [3.05, 3.63) is 59.3 Å². The molecular formula is C17H23N3. The van der Waals surface area contributed by atoms with Gasteiger partial charge in [0.05, 0.1) is 0 Å². The smallest absolute Gasteiger partial charge is 0.128 e. The molecule has 1 aromatic heterocycles. The minimum Gasteiger partial charge on any atom is -0.355 e. The molecule has 20 heavy (non-hydrogen) atoms. The second-order valence-electron chi connectivity index (χ2n) is 5.14. The number of nitrogens with one attached hydrogen (secondary N) is 1. The van der Waals surface area contributed by atoms with Gasteiger partial charge in [-0.2, -0.15) is 0 Å². The van der Waals surface area contributed by atoms with Gasteiger partial charge in [-0.05, 0) is 36.7 Å². The van der Waals surface area contributed by atoms with E-state index in [0.29, 0.717) is 0 Å². The Morgan fingerprint density at radius 1 is 1.10 bits per heavy atom. The molecule has 0 aliphatic heterocycles. The topological polar surface area (TPSA) is 28.2 Å². The molecule has 1 heterocycles. The molecule has 0 amide bonds. The van der Waals surface area contributed by atoms with Crippen LogP contribution in [0.1, 0.15) is 23.6 Å². The van der Waals surface area contributed by atoms with Crippen LogP contribution in [0.15, 0.2) is 42.6 Å². The Morgan fingerprint density at radius 3 is 2.55 bits per heavy atom. The molecule has 0 aliphatic carbocycles. The molecule has 0 spiro atoms. The van der Waals surface area contributed by atoms with E-state index in [-0.39, 0.29) is 0 Å². The molecule has 3 heteroatoms. The predicted octanol–water partition coefficient (Wildman–Crippen LogP) is 3.14. The molecule has 0 radical (unpaired) electrons. The van der Waals surface area contributed by atoms with Crippen molar-refractivity contribution in [3.63, 3.8) is 0 Å². The maximum Gasteiger partial charge on any atom is 0.128 e. The van der Waals surface area contributed by atoms with Crippen LogP contribution in [0.25, 0.3) is 0 Å². The van der Waals surface area contributed by atoms with Crippen LogP contribution in [0.2, 0.25) is 0 Å². The van der Waals surface area contributed by atoms with E-state index in [4.69, 9.17) is 0 Å². The van der Waals surface area contributed by atoms with Crippen LogP contribution in [0, 0.1) is 6.92 Å². The highest BCUT2D eigenvalue weighted by Gasteiger charge is 2.04. The number of anilines is 1. The molecule has 0 saturated heterocycles. The molecule has 0 bridgehead atoms. The van der Waals surface area contributed by atoms with E-state index in [1.807, 2.05) is 6.20 Å². The van der Waals surface area contributed by atoms with Gasteiger partial charge in [0.25, 0.3) is 0 Å². The average Bonchev–Trinajstić information content (AvgIpc) is 2.48. The summed E-state index contributed by atoms with van der Waals surface area (Å²) in [6.07, 6.45) is 1.88. The first-order valence-corrected chi connectivity index (χ1v) is 7.11. The third-order valence-corrected chi connectivity index (χ3v) is 3.32. The Morgan fingerprint density at radius 2 is 1.85 bits per heavy atom. The number of aryl methyl sites for hydroxylation is 1. The summed E-state index contributed by atoms with van der Waals surface area (Å²) in [4.78, 5) is 6.64. The first kappa shape index (κ1) is 14.5. The van der Waals surface area contributed by atoms with Crippen LogP contribution in [0.3, 0.4) is 0 Å². The average molecular weight is 269 g/mol. The highest BCUT2D eigenvalue weighted by molar-refractivity contribution is 5.41. The summed E-state index contributed by atoms with van der Waals surface area (Å²) in [5.41, 5.74) is 3.87. The summed E-state index contributed by atoms with van der Waals surface area (Å²) in [6, 6.07) is 12.9. The van der Waals surface area contributed by atoms with Gasteiger partial charge in [-0.25, -0.2) is 4.98 Å². The van der Waals surface area contributed by atoms with Gasteiger partial charge in [0.15, 0.2) is 0 Å². The number of rotatable bonds is 6. The molecule has 1 N–H and O–H groups in total. The molecule has 3 nitrogen and oxygen atoms in total. The number of hydrogen-bond acceptors (Lipinski definition) is 3. The fourth-order valence-electron chi connectivity index (χ4n) is 2.10. The molecule has 106 valence electrons. The van der Waals surface area contributed by atoms with E-state index >= 15 is 0 Å². The van der Waals surface area contributed by atoms with E-state index in [1.165, 1.54) is 16.7 Å². The van der Waals surface area contributed by atoms with Crippen LogP contribution >= 0.6 is 0 Å². The van der Waals surface area contributed by atoms with Crippen LogP contribution in [0.4, 0.5) is 5.82 Å².